The SMILES string of the molecule is COc1ccc2[nH]c3c(c2c1)CCN(C(=O)c1cc(C)on1)C3c1ccc(-c2ccccc2C(F)(F)F)o1. The van der Waals surface area contributed by atoms with Gasteiger partial charge in [-0.05, 0) is 55.3 Å². The molecule has 6 rings (SSSR count). The number of furan rings is 1. The van der Waals surface area contributed by atoms with Crippen molar-refractivity contribution in [2.45, 2.75) is 25.6 Å². The van der Waals surface area contributed by atoms with Gasteiger partial charge >= 0.3 is 6.18 Å². The van der Waals surface area contributed by atoms with E-state index in [0.29, 0.717) is 30.2 Å². The number of alkyl halides is 3. The molecule has 1 aliphatic rings. The first-order valence-corrected chi connectivity index (χ1v) is 11.9. The molecule has 2 aromatic carbocycles. The Kier molecular flexibility index (Phi) is 5.55. The van der Waals surface area contributed by atoms with Crippen LogP contribution in [0.3, 0.4) is 0 Å². The highest BCUT2D eigenvalue weighted by Crippen LogP contribution is 2.43. The second-order valence-electron chi connectivity index (χ2n) is 9.15. The van der Waals surface area contributed by atoms with E-state index in [9.17, 15) is 18.0 Å². The van der Waals surface area contributed by atoms with Gasteiger partial charge in [0.15, 0.2) is 5.69 Å². The standard InChI is InChI=1S/C28H22F3N3O4/c1-15-13-22(33-38-15)27(35)34-12-11-17-19-14-16(36-2)7-8-21(19)32-25(17)26(34)24-10-9-23(37-24)18-5-3-4-6-20(18)28(29,30)31/h3-10,13-14,26,32H,11-12H2,1-2H3. The Morgan fingerprint density at radius 3 is 2.68 bits per heavy atom. The van der Waals surface area contributed by atoms with E-state index in [2.05, 4.69) is 10.1 Å². The molecule has 3 aromatic heterocycles. The highest BCUT2D eigenvalue weighted by molar-refractivity contribution is 5.94. The molecule has 0 saturated carbocycles. The molecule has 0 radical (unpaired) electrons. The minimum atomic E-state index is -4.55. The van der Waals surface area contributed by atoms with Crippen LogP contribution in [0.25, 0.3) is 22.2 Å². The van der Waals surface area contributed by atoms with Crippen molar-refractivity contribution in [1.82, 2.24) is 15.0 Å². The van der Waals surface area contributed by atoms with Crippen LogP contribution in [0.4, 0.5) is 13.2 Å². The molecule has 1 unspecified atom stereocenters. The topological polar surface area (TPSA) is 84.5 Å². The second kappa shape index (κ2) is 8.83. The molecule has 1 atom stereocenters. The summed E-state index contributed by atoms with van der Waals surface area (Å²) in [5, 5.41) is 4.83. The van der Waals surface area contributed by atoms with E-state index in [0.717, 1.165) is 28.2 Å². The highest BCUT2D eigenvalue weighted by atomic mass is 19.4. The van der Waals surface area contributed by atoms with Gasteiger partial charge < -0.3 is 23.6 Å². The number of fused-ring (bicyclic) bond motifs is 3. The van der Waals surface area contributed by atoms with Crippen molar-refractivity contribution in [2.24, 2.45) is 0 Å². The fraction of sp³-hybridized carbons (Fsp3) is 0.214. The lowest BCUT2D eigenvalue weighted by Gasteiger charge is -2.34. The van der Waals surface area contributed by atoms with E-state index in [-0.39, 0.29) is 22.9 Å². The Hall–Kier alpha value is -4.47. The maximum absolute atomic E-state index is 13.7. The second-order valence-corrected chi connectivity index (χ2v) is 9.15. The third-order valence-electron chi connectivity index (χ3n) is 6.84. The molecule has 5 aromatic rings. The lowest BCUT2D eigenvalue weighted by molar-refractivity contribution is -0.137. The first kappa shape index (κ1) is 23.9. The van der Waals surface area contributed by atoms with Gasteiger partial charge in [-0.2, -0.15) is 13.2 Å². The largest absolute Gasteiger partial charge is 0.497 e. The molecule has 0 saturated heterocycles. The van der Waals surface area contributed by atoms with Crippen molar-refractivity contribution in [3.63, 3.8) is 0 Å². The van der Waals surface area contributed by atoms with Crippen LogP contribution in [-0.2, 0) is 12.6 Å². The number of methoxy groups -OCH3 is 1. The predicted octanol–water partition coefficient (Wildman–Crippen LogP) is 6.54. The van der Waals surface area contributed by atoms with Gasteiger partial charge in [0, 0.05) is 29.1 Å². The molecule has 1 N–H and O–H groups in total. The zero-order valence-electron chi connectivity index (χ0n) is 20.4. The quantitative estimate of drug-likeness (QED) is 0.290. The molecule has 0 bridgehead atoms. The van der Waals surface area contributed by atoms with Crippen molar-refractivity contribution in [3.8, 4) is 17.1 Å². The van der Waals surface area contributed by atoms with E-state index in [1.807, 2.05) is 18.2 Å². The van der Waals surface area contributed by atoms with Crippen molar-refractivity contribution in [1.29, 1.82) is 0 Å². The Balaban J connectivity index is 1.50. The molecule has 1 aliphatic heterocycles. The minimum Gasteiger partial charge on any atom is -0.497 e. The molecule has 0 spiro atoms. The van der Waals surface area contributed by atoms with E-state index in [4.69, 9.17) is 13.7 Å². The van der Waals surface area contributed by atoms with Crippen molar-refractivity contribution >= 4 is 16.8 Å². The Morgan fingerprint density at radius 2 is 1.95 bits per heavy atom. The first-order chi connectivity index (χ1) is 18.2. The summed E-state index contributed by atoms with van der Waals surface area (Å²) in [6.07, 6.45) is -4.00. The number of hydrogen-bond donors (Lipinski definition) is 1. The van der Waals surface area contributed by atoms with Crippen LogP contribution in [0.5, 0.6) is 5.75 Å². The van der Waals surface area contributed by atoms with Gasteiger partial charge in [0.05, 0.1) is 18.4 Å². The molecular formula is C28H22F3N3O4. The number of nitrogens with one attached hydrogen (secondary N) is 1. The summed E-state index contributed by atoms with van der Waals surface area (Å²) in [5.41, 5.74) is 1.82. The van der Waals surface area contributed by atoms with Gasteiger partial charge in [-0.25, -0.2) is 0 Å². The summed E-state index contributed by atoms with van der Waals surface area (Å²) in [6, 6.07) is 14.8. The Bertz CT molecular complexity index is 1660. The number of aromatic nitrogens is 2. The maximum atomic E-state index is 13.7. The molecular weight excluding hydrogens is 499 g/mol. The molecule has 4 heterocycles. The molecule has 10 heteroatoms. The summed E-state index contributed by atoms with van der Waals surface area (Å²) in [4.78, 5) is 18.6. The molecule has 0 aliphatic carbocycles. The maximum Gasteiger partial charge on any atom is 0.417 e. The van der Waals surface area contributed by atoms with Gasteiger partial charge in [0.1, 0.15) is 29.1 Å². The number of H-pyrrole nitrogens is 1. The van der Waals surface area contributed by atoms with Crippen molar-refractivity contribution < 1.29 is 31.6 Å². The average molecular weight is 521 g/mol. The van der Waals surface area contributed by atoms with Crippen LogP contribution in [0, 0.1) is 6.92 Å². The number of aryl methyl sites for hydroxylation is 1. The van der Waals surface area contributed by atoms with Crippen molar-refractivity contribution in [2.75, 3.05) is 13.7 Å². The minimum absolute atomic E-state index is 0.0579. The average Bonchev–Trinajstić information content (AvgIpc) is 3.65. The summed E-state index contributed by atoms with van der Waals surface area (Å²) in [5.74, 6) is 1.19. The zero-order chi connectivity index (χ0) is 26.6. The number of nitrogens with zero attached hydrogens (tertiary/aromatic N) is 2. The van der Waals surface area contributed by atoms with Crippen LogP contribution in [0.15, 0.2) is 69.6 Å². The number of hydrogen-bond acceptors (Lipinski definition) is 5. The molecule has 7 nitrogen and oxygen atoms in total. The summed E-state index contributed by atoms with van der Waals surface area (Å²) in [7, 11) is 1.59. The number of rotatable bonds is 4. The zero-order valence-corrected chi connectivity index (χ0v) is 20.4. The van der Waals surface area contributed by atoms with Crippen LogP contribution in [0.2, 0.25) is 0 Å². The molecule has 0 fully saturated rings. The monoisotopic (exact) mass is 521 g/mol. The number of carbonyl (C=O) groups is 1. The number of ether oxygens (including phenoxy) is 1. The Morgan fingerprint density at radius 1 is 1.13 bits per heavy atom. The first-order valence-electron chi connectivity index (χ1n) is 11.9. The third kappa shape index (κ3) is 3.93. The smallest absolute Gasteiger partial charge is 0.417 e. The van der Waals surface area contributed by atoms with Crippen LogP contribution < -0.4 is 4.74 Å². The van der Waals surface area contributed by atoms with Gasteiger partial charge in [0.25, 0.3) is 5.91 Å². The normalized spacial score (nSPS) is 15.6. The van der Waals surface area contributed by atoms with Crippen LogP contribution in [-0.4, -0.2) is 34.6 Å². The van der Waals surface area contributed by atoms with Crippen molar-refractivity contribution in [3.05, 3.63) is 94.7 Å². The fourth-order valence-corrected chi connectivity index (χ4v) is 5.11. The number of benzene rings is 2. The highest BCUT2D eigenvalue weighted by Gasteiger charge is 2.39. The summed E-state index contributed by atoms with van der Waals surface area (Å²) < 4.78 is 57.7. The number of aromatic amines is 1. The number of amides is 1. The van der Waals surface area contributed by atoms with Gasteiger partial charge in [-0.3, -0.25) is 4.79 Å². The lowest BCUT2D eigenvalue weighted by Crippen LogP contribution is -2.40. The lowest BCUT2D eigenvalue weighted by atomic mass is 9.95. The summed E-state index contributed by atoms with van der Waals surface area (Å²) in [6.45, 7) is 2.03. The summed E-state index contributed by atoms with van der Waals surface area (Å²) >= 11 is 0. The van der Waals surface area contributed by atoms with Gasteiger partial charge in [0.2, 0.25) is 0 Å². The van der Waals surface area contributed by atoms with E-state index in [1.54, 1.807) is 31.1 Å². The number of halogens is 3. The van der Waals surface area contributed by atoms with Gasteiger partial charge in [-0.1, -0.05) is 23.4 Å². The van der Waals surface area contributed by atoms with E-state index < -0.39 is 17.8 Å². The number of carbonyl (C=O) groups excluding carboxylic acids is 1. The third-order valence-corrected chi connectivity index (χ3v) is 6.84. The molecule has 1 amide bonds. The fourth-order valence-electron chi connectivity index (χ4n) is 5.11. The molecule has 194 valence electrons. The molecule has 38 heavy (non-hydrogen) atoms. The predicted molar refractivity (Wildman–Crippen MR) is 132 cm³/mol. The Labute approximate surface area is 214 Å². The van der Waals surface area contributed by atoms with Crippen LogP contribution >= 0.6 is 0 Å². The van der Waals surface area contributed by atoms with Crippen LogP contribution in [0.1, 0.15) is 44.9 Å². The van der Waals surface area contributed by atoms with Gasteiger partial charge in [-0.15, -0.1) is 0 Å². The van der Waals surface area contributed by atoms with E-state index in [1.165, 1.54) is 24.3 Å². The van der Waals surface area contributed by atoms with E-state index >= 15 is 0 Å².